The van der Waals surface area contributed by atoms with E-state index < -0.39 is 12.0 Å². The molecule has 2 heterocycles. The molecule has 1 fully saturated rings. The summed E-state index contributed by atoms with van der Waals surface area (Å²) in [6, 6.07) is -0.860. The number of aliphatic carboxylic acids is 1. The Morgan fingerprint density at radius 3 is 2.95 bits per heavy atom. The van der Waals surface area contributed by atoms with Crippen molar-refractivity contribution in [2.24, 2.45) is 0 Å². The Labute approximate surface area is 115 Å². The van der Waals surface area contributed by atoms with Gasteiger partial charge in [0.05, 0.1) is 6.20 Å². The summed E-state index contributed by atoms with van der Waals surface area (Å²) in [5.74, 6) is -1.35. The van der Waals surface area contributed by atoms with Crippen molar-refractivity contribution >= 4 is 23.2 Å². The van der Waals surface area contributed by atoms with Crippen LogP contribution < -0.4 is 0 Å². The molecule has 0 bridgehead atoms. The zero-order chi connectivity index (χ0) is 14.0. The minimum atomic E-state index is -1.03. The fraction of sp³-hybridized carbons (Fsp3) is 0.583. The van der Waals surface area contributed by atoms with Crippen molar-refractivity contribution in [1.82, 2.24) is 9.88 Å². The van der Waals surface area contributed by atoms with Gasteiger partial charge in [0.25, 0.3) is 5.91 Å². The first kappa shape index (κ1) is 14.0. The fourth-order valence-corrected chi connectivity index (χ4v) is 2.81. The lowest BCUT2D eigenvalue weighted by molar-refractivity contribution is -0.141. The van der Waals surface area contributed by atoms with E-state index >= 15 is 0 Å². The first-order chi connectivity index (χ1) is 9.00. The van der Waals surface area contributed by atoms with E-state index in [1.54, 1.807) is 0 Å². The van der Waals surface area contributed by atoms with E-state index in [0.717, 1.165) is 24.5 Å². The van der Waals surface area contributed by atoms with Crippen molar-refractivity contribution in [3.05, 3.63) is 16.1 Å². The van der Waals surface area contributed by atoms with Gasteiger partial charge < -0.3 is 14.7 Å². The van der Waals surface area contributed by atoms with Crippen LogP contribution in [0.2, 0.25) is 0 Å². The van der Waals surface area contributed by atoms with E-state index in [9.17, 15) is 9.59 Å². The molecule has 2 atom stereocenters. The van der Waals surface area contributed by atoms with Crippen LogP contribution in [0.5, 0.6) is 0 Å². The maximum atomic E-state index is 12.1. The molecule has 1 amide bonds. The highest BCUT2D eigenvalue weighted by molar-refractivity contribution is 7.13. The van der Waals surface area contributed by atoms with Gasteiger partial charge in [-0.1, -0.05) is 0 Å². The molecule has 7 heteroatoms. The van der Waals surface area contributed by atoms with Gasteiger partial charge >= 0.3 is 5.97 Å². The monoisotopic (exact) mass is 284 g/mol. The van der Waals surface area contributed by atoms with Gasteiger partial charge in [-0.25, -0.2) is 9.78 Å². The highest BCUT2D eigenvalue weighted by Gasteiger charge is 2.26. The summed E-state index contributed by atoms with van der Waals surface area (Å²) < 4.78 is 5.51. The number of likely N-dealkylation sites (N-methyl/N-ethyl adjacent to an activating group) is 1. The topological polar surface area (TPSA) is 79.7 Å². The van der Waals surface area contributed by atoms with Crippen LogP contribution in [-0.2, 0) is 9.53 Å². The van der Waals surface area contributed by atoms with Gasteiger partial charge in [-0.2, -0.15) is 0 Å². The van der Waals surface area contributed by atoms with Crippen molar-refractivity contribution < 1.29 is 19.4 Å². The predicted molar refractivity (Wildman–Crippen MR) is 69.2 cm³/mol. The molecule has 0 aromatic carbocycles. The van der Waals surface area contributed by atoms with Gasteiger partial charge in [-0.3, -0.25) is 4.79 Å². The number of carbonyl (C=O) groups excluding carboxylic acids is 1. The summed E-state index contributed by atoms with van der Waals surface area (Å²) in [5, 5.41) is 9.69. The summed E-state index contributed by atoms with van der Waals surface area (Å²) in [4.78, 5) is 28.8. The molecule has 0 spiro atoms. The maximum absolute atomic E-state index is 12.1. The summed E-state index contributed by atoms with van der Waals surface area (Å²) in [7, 11) is 1.48. The number of amides is 1. The third-order valence-corrected chi connectivity index (χ3v) is 4.28. The molecule has 1 aliphatic heterocycles. The van der Waals surface area contributed by atoms with Gasteiger partial charge in [0.1, 0.15) is 22.0 Å². The molecule has 104 valence electrons. The van der Waals surface area contributed by atoms with Crippen LogP contribution in [0.25, 0.3) is 0 Å². The van der Waals surface area contributed by atoms with E-state index in [1.165, 1.54) is 36.4 Å². The van der Waals surface area contributed by atoms with Crippen LogP contribution in [0, 0.1) is 0 Å². The molecule has 0 saturated carbocycles. The summed E-state index contributed by atoms with van der Waals surface area (Å²) in [5.41, 5.74) is 0. The van der Waals surface area contributed by atoms with E-state index in [2.05, 4.69) is 4.98 Å². The van der Waals surface area contributed by atoms with Crippen LogP contribution in [0.1, 0.15) is 40.5 Å². The van der Waals surface area contributed by atoms with Gasteiger partial charge in [0.2, 0.25) is 0 Å². The van der Waals surface area contributed by atoms with Gasteiger partial charge in [0, 0.05) is 13.7 Å². The number of nitrogens with zero attached hydrogens (tertiary/aromatic N) is 2. The molecule has 2 unspecified atom stereocenters. The third-order valence-electron chi connectivity index (χ3n) is 3.20. The molecule has 0 radical (unpaired) electrons. The van der Waals surface area contributed by atoms with Crippen LogP contribution in [0.3, 0.4) is 0 Å². The molecule has 1 aliphatic rings. The van der Waals surface area contributed by atoms with Crippen LogP contribution in [0.15, 0.2) is 6.20 Å². The third kappa shape index (κ3) is 2.93. The molecular weight excluding hydrogens is 268 g/mol. The molecule has 6 nitrogen and oxygen atoms in total. The average molecular weight is 284 g/mol. The Morgan fingerprint density at radius 2 is 2.37 bits per heavy atom. The average Bonchev–Trinajstić information content (AvgIpc) is 3.05. The van der Waals surface area contributed by atoms with Crippen molar-refractivity contribution in [2.75, 3.05) is 13.7 Å². The maximum Gasteiger partial charge on any atom is 0.326 e. The quantitative estimate of drug-likeness (QED) is 0.907. The van der Waals surface area contributed by atoms with Crippen molar-refractivity contribution in [3.8, 4) is 0 Å². The lowest BCUT2D eigenvalue weighted by Crippen LogP contribution is -2.39. The van der Waals surface area contributed by atoms with Crippen molar-refractivity contribution in [1.29, 1.82) is 0 Å². The normalized spacial score (nSPS) is 20.2. The lowest BCUT2D eigenvalue weighted by atomic mass is 10.2. The molecule has 1 aromatic rings. The molecule has 19 heavy (non-hydrogen) atoms. The number of carboxylic acid groups (broad SMARTS) is 1. The lowest BCUT2D eigenvalue weighted by Gasteiger charge is -2.20. The standard InChI is InChI=1S/C12H16N2O4S/c1-7(12(16)17)14(2)11(15)9-6-13-10(19-9)8-4-3-5-18-8/h6-8H,3-5H2,1-2H3,(H,16,17). The first-order valence-corrected chi connectivity index (χ1v) is 6.89. The Balaban J connectivity index is 2.09. The largest absolute Gasteiger partial charge is 0.480 e. The van der Waals surface area contributed by atoms with E-state index in [1.807, 2.05) is 0 Å². The second kappa shape index (κ2) is 5.66. The number of rotatable bonds is 4. The Bertz CT molecular complexity index is 482. The molecule has 0 aliphatic carbocycles. The van der Waals surface area contributed by atoms with E-state index in [4.69, 9.17) is 9.84 Å². The summed E-state index contributed by atoms with van der Waals surface area (Å²) >= 11 is 1.28. The number of hydrogen-bond acceptors (Lipinski definition) is 5. The van der Waals surface area contributed by atoms with Gasteiger partial charge in [-0.15, -0.1) is 11.3 Å². The zero-order valence-electron chi connectivity index (χ0n) is 10.8. The van der Waals surface area contributed by atoms with Crippen LogP contribution in [0.4, 0.5) is 0 Å². The Morgan fingerprint density at radius 1 is 1.63 bits per heavy atom. The second-order valence-corrected chi connectivity index (χ2v) is 5.56. The summed E-state index contributed by atoms with van der Waals surface area (Å²) in [6.07, 6.45) is 3.40. The van der Waals surface area contributed by atoms with Gasteiger partial charge in [-0.05, 0) is 19.8 Å². The Hall–Kier alpha value is -1.47. The molecule has 1 aromatic heterocycles. The predicted octanol–water partition coefficient (Wildman–Crippen LogP) is 1.54. The first-order valence-electron chi connectivity index (χ1n) is 6.08. The Kier molecular flexibility index (Phi) is 4.16. The minimum absolute atomic E-state index is 0.0197. The number of carbonyl (C=O) groups is 2. The number of ether oxygens (including phenoxy) is 1. The second-order valence-electron chi connectivity index (χ2n) is 4.49. The van der Waals surface area contributed by atoms with E-state index in [0.29, 0.717) is 4.88 Å². The van der Waals surface area contributed by atoms with Crippen LogP contribution >= 0.6 is 11.3 Å². The van der Waals surface area contributed by atoms with E-state index in [-0.39, 0.29) is 12.0 Å². The molecule has 1 saturated heterocycles. The highest BCUT2D eigenvalue weighted by Crippen LogP contribution is 2.31. The minimum Gasteiger partial charge on any atom is -0.480 e. The zero-order valence-corrected chi connectivity index (χ0v) is 11.6. The number of aromatic nitrogens is 1. The van der Waals surface area contributed by atoms with Crippen molar-refractivity contribution in [3.63, 3.8) is 0 Å². The number of thiazole rings is 1. The fourth-order valence-electron chi connectivity index (χ4n) is 1.82. The smallest absolute Gasteiger partial charge is 0.326 e. The number of hydrogen-bond donors (Lipinski definition) is 1. The van der Waals surface area contributed by atoms with Crippen molar-refractivity contribution in [2.45, 2.75) is 31.9 Å². The number of carboxylic acids is 1. The van der Waals surface area contributed by atoms with Crippen LogP contribution in [-0.4, -0.2) is 46.6 Å². The molecule has 2 rings (SSSR count). The SMILES string of the molecule is CC(C(=O)O)N(C)C(=O)c1cnc(C2CCCO2)s1. The summed E-state index contributed by atoms with van der Waals surface area (Å²) in [6.45, 7) is 2.20. The highest BCUT2D eigenvalue weighted by atomic mass is 32.1. The molecule has 1 N–H and O–H groups in total. The van der Waals surface area contributed by atoms with Gasteiger partial charge in [0.15, 0.2) is 0 Å². The molecular formula is C12H16N2O4S.